The van der Waals surface area contributed by atoms with Gasteiger partial charge < -0.3 is 10.1 Å². The normalized spacial score (nSPS) is 15.8. The molecule has 30 heavy (non-hydrogen) atoms. The molecule has 4 rings (SSSR count). The Balaban J connectivity index is 1.67. The van der Waals surface area contributed by atoms with E-state index in [0.29, 0.717) is 49.9 Å². The number of rotatable bonds is 5. The van der Waals surface area contributed by atoms with Gasteiger partial charge in [-0.25, -0.2) is 9.07 Å². The zero-order valence-corrected chi connectivity index (χ0v) is 16.9. The van der Waals surface area contributed by atoms with Crippen molar-refractivity contribution in [3.05, 3.63) is 76.0 Å². The summed E-state index contributed by atoms with van der Waals surface area (Å²) in [6, 6.07) is 13.5. The number of hydrogen-bond donors (Lipinski definition) is 1. The van der Waals surface area contributed by atoms with Gasteiger partial charge in [0.15, 0.2) is 5.69 Å². The molecule has 0 aliphatic carbocycles. The maximum absolute atomic E-state index is 13.9. The minimum atomic E-state index is -0.412. The summed E-state index contributed by atoms with van der Waals surface area (Å²) in [4.78, 5) is 25.7. The molecule has 0 bridgehead atoms. The molecule has 3 aromatic rings. The highest BCUT2D eigenvalue weighted by Gasteiger charge is 2.35. The van der Waals surface area contributed by atoms with E-state index < -0.39 is 5.41 Å². The Kier molecular flexibility index (Phi) is 5.63. The van der Waals surface area contributed by atoms with E-state index in [-0.39, 0.29) is 23.0 Å². The number of aryl methyl sites for hydroxylation is 1. The summed E-state index contributed by atoms with van der Waals surface area (Å²) >= 11 is 0. The lowest BCUT2D eigenvalue weighted by Crippen LogP contribution is -2.45. The molecule has 0 saturated carbocycles. The lowest BCUT2D eigenvalue weighted by molar-refractivity contribution is 0.0485. The first-order valence-electron chi connectivity index (χ1n) is 10.2. The van der Waals surface area contributed by atoms with E-state index in [9.17, 15) is 14.0 Å². The number of nitrogens with one attached hydrogen (secondary N) is 1. The van der Waals surface area contributed by atoms with Gasteiger partial charge in [-0.15, -0.1) is 0 Å². The molecule has 0 atom stereocenters. The number of halogens is 1. The minimum absolute atomic E-state index is 0.216. The van der Waals surface area contributed by atoms with Crippen LogP contribution in [-0.4, -0.2) is 35.4 Å². The zero-order valence-electron chi connectivity index (χ0n) is 16.9. The predicted octanol–water partition coefficient (Wildman–Crippen LogP) is 3.03. The van der Waals surface area contributed by atoms with Gasteiger partial charge in [0.1, 0.15) is 5.82 Å². The molecule has 1 amide bonds. The van der Waals surface area contributed by atoms with Crippen LogP contribution in [0.5, 0.6) is 0 Å². The van der Waals surface area contributed by atoms with Crippen molar-refractivity contribution < 1.29 is 13.9 Å². The van der Waals surface area contributed by atoms with Crippen molar-refractivity contribution in [2.75, 3.05) is 19.8 Å². The fourth-order valence-electron chi connectivity index (χ4n) is 4.10. The molecule has 6 nitrogen and oxygen atoms in total. The zero-order chi connectivity index (χ0) is 21.1. The molecule has 1 aliphatic heterocycles. The average molecular weight is 409 g/mol. The molecule has 7 heteroatoms. The summed E-state index contributed by atoms with van der Waals surface area (Å²) in [7, 11) is 0. The van der Waals surface area contributed by atoms with Crippen LogP contribution in [0, 0.1) is 5.82 Å². The van der Waals surface area contributed by atoms with E-state index in [1.54, 1.807) is 30.3 Å². The van der Waals surface area contributed by atoms with Crippen molar-refractivity contribution in [1.82, 2.24) is 15.1 Å². The predicted molar refractivity (Wildman–Crippen MR) is 112 cm³/mol. The standard InChI is InChI=1S/C23H24FN3O3/c1-2-27-22(29)19-9-4-3-8-18(19)20(26-27)21(28)25-15-23(10-12-30-13-11-23)16-6-5-7-17(24)14-16/h3-9,14H,2,10-13,15H2,1H3,(H,25,28). The van der Waals surface area contributed by atoms with E-state index in [4.69, 9.17) is 4.74 Å². The van der Waals surface area contributed by atoms with Crippen molar-refractivity contribution in [2.45, 2.75) is 31.7 Å². The van der Waals surface area contributed by atoms with Gasteiger partial charge in [0, 0.05) is 37.1 Å². The van der Waals surface area contributed by atoms with Crippen LogP contribution in [0.2, 0.25) is 0 Å². The summed E-state index contributed by atoms with van der Waals surface area (Å²) < 4.78 is 20.7. The van der Waals surface area contributed by atoms with Crippen LogP contribution < -0.4 is 10.9 Å². The molecule has 1 saturated heterocycles. The number of aromatic nitrogens is 2. The van der Waals surface area contributed by atoms with E-state index in [1.165, 1.54) is 16.8 Å². The first kappa shape index (κ1) is 20.2. The van der Waals surface area contributed by atoms with Crippen LogP contribution in [0.1, 0.15) is 35.8 Å². The van der Waals surface area contributed by atoms with Crippen molar-refractivity contribution in [1.29, 1.82) is 0 Å². The Morgan fingerprint density at radius 1 is 1.17 bits per heavy atom. The number of ether oxygens (including phenoxy) is 1. The van der Waals surface area contributed by atoms with Crippen LogP contribution in [0.15, 0.2) is 53.3 Å². The molecular formula is C23H24FN3O3. The monoisotopic (exact) mass is 409 g/mol. The van der Waals surface area contributed by atoms with Gasteiger partial charge in [0.25, 0.3) is 11.5 Å². The molecule has 2 heterocycles. The molecule has 0 unspecified atom stereocenters. The number of hydrogen-bond acceptors (Lipinski definition) is 4. The first-order valence-corrected chi connectivity index (χ1v) is 10.2. The second kappa shape index (κ2) is 8.36. The third-order valence-corrected chi connectivity index (χ3v) is 5.86. The van der Waals surface area contributed by atoms with Crippen LogP contribution >= 0.6 is 0 Å². The fraction of sp³-hybridized carbons (Fsp3) is 0.348. The largest absolute Gasteiger partial charge is 0.381 e. The van der Waals surface area contributed by atoms with Crippen molar-refractivity contribution in [3.8, 4) is 0 Å². The minimum Gasteiger partial charge on any atom is -0.381 e. The summed E-state index contributed by atoms with van der Waals surface area (Å²) in [6.07, 6.45) is 1.36. The molecule has 1 aromatic heterocycles. The van der Waals surface area contributed by atoms with Gasteiger partial charge in [-0.3, -0.25) is 9.59 Å². The maximum atomic E-state index is 13.9. The lowest BCUT2D eigenvalue weighted by atomic mass is 9.74. The van der Waals surface area contributed by atoms with E-state index >= 15 is 0 Å². The van der Waals surface area contributed by atoms with E-state index in [1.807, 2.05) is 13.0 Å². The van der Waals surface area contributed by atoms with Crippen LogP contribution in [0.4, 0.5) is 4.39 Å². The van der Waals surface area contributed by atoms with E-state index in [2.05, 4.69) is 10.4 Å². The molecule has 0 spiro atoms. The second-order valence-electron chi connectivity index (χ2n) is 7.60. The highest BCUT2D eigenvalue weighted by molar-refractivity contribution is 6.04. The highest BCUT2D eigenvalue weighted by Crippen LogP contribution is 2.34. The van der Waals surface area contributed by atoms with Gasteiger partial charge in [-0.2, -0.15) is 5.10 Å². The van der Waals surface area contributed by atoms with E-state index in [0.717, 1.165) is 5.56 Å². The molecule has 156 valence electrons. The number of nitrogens with zero attached hydrogens (tertiary/aromatic N) is 2. The van der Waals surface area contributed by atoms with Gasteiger partial charge in [-0.05, 0) is 43.5 Å². The molecule has 0 radical (unpaired) electrons. The Bertz CT molecular complexity index is 1140. The van der Waals surface area contributed by atoms with Gasteiger partial charge in [-0.1, -0.05) is 30.3 Å². The van der Waals surface area contributed by atoms with Crippen LogP contribution in [-0.2, 0) is 16.7 Å². The highest BCUT2D eigenvalue weighted by atomic mass is 19.1. The molecule has 2 aromatic carbocycles. The summed E-state index contributed by atoms with van der Waals surface area (Å²) in [5, 5.41) is 8.28. The van der Waals surface area contributed by atoms with Crippen molar-refractivity contribution in [2.24, 2.45) is 0 Å². The van der Waals surface area contributed by atoms with Crippen LogP contribution in [0.3, 0.4) is 0 Å². The summed E-state index contributed by atoms with van der Waals surface area (Å²) in [6.45, 7) is 3.61. The van der Waals surface area contributed by atoms with Gasteiger partial charge in [0.2, 0.25) is 0 Å². The number of fused-ring (bicyclic) bond motifs is 1. The number of amides is 1. The topological polar surface area (TPSA) is 73.2 Å². The Hall–Kier alpha value is -3.06. The fourth-order valence-corrected chi connectivity index (χ4v) is 4.10. The molecule has 1 N–H and O–H groups in total. The second-order valence-corrected chi connectivity index (χ2v) is 7.60. The number of carbonyl (C=O) groups is 1. The average Bonchev–Trinajstić information content (AvgIpc) is 2.78. The smallest absolute Gasteiger partial charge is 0.274 e. The molecule has 1 fully saturated rings. The Morgan fingerprint density at radius 2 is 1.90 bits per heavy atom. The summed E-state index contributed by atoms with van der Waals surface area (Å²) in [5.41, 5.74) is 0.437. The third kappa shape index (κ3) is 3.73. The SMILES string of the molecule is CCn1nc(C(=O)NCC2(c3cccc(F)c3)CCOCC2)c2ccccc2c1=O. The van der Waals surface area contributed by atoms with Gasteiger partial charge >= 0.3 is 0 Å². The quantitative estimate of drug-likeness (QED) is 0.703. The molecule has 1 aliphatic rings. The Labute approximate surface area is 173 Å². The van der Waals surface area contributed by atoms with Gasteiger partial charge in [0.05, 0.1) is 5.39 Å². The van der Waals surface area contributed by atoms with Crippen LogP contribution in [0.25, 0.3) is 10.8 Å². The Morgan fingerprint density at radius 3 is 2.60 bits per heavy atom. The number of benzene rings is 2. The molecular weight excluding hydrogens is 385 g/mol. The first-order chi connectivity index (χ1) is 14.5. The van der Waals surface area contributed by atoms with Crippen molar-refractivity contribution in [3.63, 3.8) is 0 Å². The lowest BCUT2D eigenvalue weighted by Gasteiger charge is -2.38. The maximum Gasteiger partial charge on any atom is 0.274 e. The number of carbonyl (C=O) groups excluding carboxylic acids is 1. The third-order valence-electron chi connectivity index (χ3n) is 5.86. The van der Waals surface area contributed by atoms with Crippen molar-refractivity contribution >= 4 is 16.7 Å². The summed E-state index contributed by atoms with van der Waals surface area (Å²) in [5.74, 6) is -0.650.